The second kappa shape index (κ2) is 8.84. The summed E-state index contributed by atoms with van der Waals surface area (Å²) in [6.07, 6.45) is 1.36. The number of nitrogens with one attached hydrogen (secondary N) is 1. The van der Waals surface area contributed by atoms with Gasteiger partial charge in [0.1, 0.15) is 5.37 Å². The van der Waals surface area contributed by atoms with Crippen LogP contribution < -0.4 is 10.2 Å². The van der Waals surface area contributed by atoms with E-state index in [-0.39, 0.29) is 17.2 Å². The van der Waals surface area contributed by atoms with E-state index >= 15 is 0 Å². The summed E-state index contributed by atoms with van der Waals surface area (Å²) in [5.41, 5.74) is 4.00. The Balaban J connectivity index is 1.46. The predicted molar refractivity (Wildman–Crippen MR) is 122 cm³/mol. The van der Waals surface area contributed by atoms with Gasteiger partial charge in [-0.05, 0) is 53.3 Å². The second-order valence-corrected chi connectivity index (χ2v) is 8.97. The Bertz CT molecular complexity index is 983. The Labute approximate surface area is 178 Å². The minimum atomic E-state index is -0.0501. The van der Waals surface area contributed by atoms with Gasteiger partial charge in [-0.15, -0.1) is 23.1 Å². The van der Waals surface area contributed by atoms with E-state index in [2.05, 4.69) is 24.4 Å². The maximum atomic E-state index is 12.5. The molecule has 4 rings (SSSR count). The van der Waals surface area contributed by atoms with Crippen LogP contribution >= 0.6 is 23.1 Å². The van der Waals surface area contributed by atoms with Gasteiger partial charge in [0.25, 0.3) is 0 Å². The van der Waals surface area contributed by atoms with Gasteiger partial charge in [-0.25, -0.2) is 0 Å². The minimum Gasteiger partial charge on any atom is -0.326 e. The van der Waals surface area contributed by atoms with Crippen LogP contribution in [-0.2, 0) is 22.4 Å². The molecule has 1 fully saturated rings. The third-order valence-corrected chi connectivity index (χ3v) is 6.97. The van der Waals surface area contributed by atoms with Gasteiger partial charge < -0.3 is 5.32 Å². The van der Waals surface area contributed by atoms with E-state index in [0.717, 1.165) is 28.2 Å². The zero-order chi connectivity index (χ0) is 20.2. The monoisotopic (exact) mass is 422 g/mol. The van der Waals surface area contributed by atoms with Crippen molar-refractivity contribution in [3.8, 4) is 0 Å². The zero-order valence-corrected chi connectivity index (χ0v) is 17.8. The number of anilines is 2. The van der Waals surface area contributed by atoms with Crippen molar-refractivity contribution in [3.63, 3.8) is 0 Å². The van der Waals surface area contributed by atoms with Crippen LogP contribution in [0.2, 0.25) is 0 Å². The van der Waals surface area contributed by atoms with Crippen LogP contribution in [-0.4, -0.2) is 17.6 Å². The normalized spacial score (nSPS) is 16.2. The molecule has 2 heterocycles. The lowest BCUT2D eigenvalue weighted by molar-refractivity contribution is -0.116. The van der Waals surface area contributed by atoms with Crippen molar-refractivity contribution in [3.05, 3.63) is 82.0 Å². The van der Waals surface area contributed by atoms with Crippen LogP contribution in [0.1, 0.15) is 28.3 Å². The highest BCUT2D eigenvalue weighted by molar-refractivity contribution is 8.00. The smallest absolute Gasteiger partial charge is 0.238 e. The Morgan fingerprint density at radius 1 is 1.10 bits per heavy atom. The molecule has 1 saturated heterocycles. The summed E-state index contributed by atoms with van der Waals surface area (Å²) in [4.78, 5) is 27.6. The molecule has 0 saturated carbocycles. The molecule has 2 aromatic carbocycles. The van der Waals surface area contributed by atoms with E-state index in [0.29, 0.717) is 12.2 Å². The molecule has 0 radical (unpaired) electrons. The fourth-order valence-electron chi connectivity index (χ4n) is 3.35. The van der Waals surface area contributed by atoms with Crippen molar-refractivity contribution in [1.82, 2.24) is 0 Å². The topological polar surface area (TPSA) is 49.4 Å². The third-order valence-electron chi connectivity index (χ3n) is 4.89. The number of thiophene rings is 1. The quantitative estimate of drug-likeness (QED) is 0.589. The first-order chi connectivity index (χ1) is 14.1. The summed E-state index contributed by atoms with van der Waals surface area (Å²) in [6, 6.07) is 19.9. The fraction of sp³-hybridized carbons (Fsp3) is 0.217. The standard InChI is InChI=1S/C23H22N2O2S2/c1-2-16-5-11-19(12-6-16)25-22(27)15-29-23(25)17-7-9-18(10-8-17)24-21(26)14-20-4-3-13-28-20/h3-13,23H,2,14-15H2,1H3,(H,24,26)/t23-/m0/s1. The molecule has 3 aromatic rings. The Kier molecular flexibility index (Phi) is 6.02. The number of hydrogen-bond donors (Lipinski definition) is 1. The SMILES string of the molecule is CCc1ccc(N2C(=O)CS[C@H]2c2ccc(NC(=O)Cc3cccs3)cc2)cc1. The molecule has 1 N–H and O–H groups in total. The van der Waals surface area contributed by atoms with Gasteiger partial charge in [0.2, 0.25) is 11.8 Å². The molecule has 148 valence electrons. The van der Waals surface area contributed by atoms with Gasteiger partial charge in [0.15, 0.2) is 0 Å². The molecule has 1 aliphatic rings. The highest BCUT2D eigenvalue weighted by atomic mass is 32.2. The van der Waals surface area contributed by atoms with E-state index in [4.69, 9.17) is 0 Å². The van der Waals surface area contributed by atoms with E-state index < -0.39 is 0 Å². The predicted octanol–water partition coefficient (Wildman–Crippen LogP) is 5.27. The first-order valence-electron chi connectivity index (χ1n) is 9.59. The van der Waals surface area contributed by atoms with Crippen LogP contribution in [0.3, 0.4) is 0 Å². The molecular weight excluding hydrogens is 400 g/mol. The number of thioether (sulfide) groups is 1. The summed E-state index contributed by atoms with van der Waals surface area (Å²) >= 11 is 3.21. The second-order valence-electron chi connectivity index (χ2n) is 6.87. The molecule has 1 atom stereocenters. The van der Waals surface area contributed by atoms with E-state index in [1.807, 2.05) is 58.8 Å². The molecule has 6 heteroatoms. The van der Waals surface area contributed by atoms with E-state index in [1.165, 1.54) is 5.56 Å². The van der Waals surface area contributed by atoms with Gasteiger partial charge in [-0.3, -0.25) is 14.5 Å². The molecular formula is C23H22N2O2S2. The molecule has 29 heavy (non-hydrogen) atoms. The highest BCUT2D eigenvalue weighted by Crippen LogP contribution is 2.42. The number of carbonyl (C=O) groups excluding carboxylic acids is 2. The number of rotatable bonds is 6. The average Bonchev–Trinajstić information content (AvgIpc) is 3.38. The van der Waals surface area contributed by atoms with Crippen LogP contribution in [0.15, 0.2) is 66.0 Å². The molecule has 0 bridgehead atoms. The molecule has 0 unspecified atom stereocenters. The van der Waals surface area contributed by atoms with Crippen molar-refractivity contribution < 1.29 is 9.59 Å². The minimum absolute atomic E-state index is 0.0248. The number of benzene rings is 2. The van der Waals surface area contributed by atoms with Crippen LogP contribution in [0.4, 0.5) is 11.4 Å². The first kappa shape index (κ1) is 19.7. The molecule has 1 aromatic heterocycles. The molecule has 1 aliphatic heterocycles. The Morgan fingerprint density at radius 3 is 2.52 bits per heavy atom. The molecule has 0 spiro atoms. The fourth-order valence-corrected chi connectivity index (χ4v) is 5.23. The number of nitrogens with zero attached hydrogens (tertiary/aromatic N) is 1. The summed E-state index contributed by atoms with van der Waals surface area (Å²) in [6.45, 7) is 2.12. The van der Waals surface area contributed by atoms with Gasteiger partial charge in [-0.2, -0.15) is 0 Å². The van der Waals surface area contributed by atoms with Gasteiger partial charge in [-0.1, -0.05) is 37.3 Å². The first-order valence-corrected chi connectivity index (χ1v) is 11.5. The lowest BCUT2D eigenvalue weighted by Gasteiger charge is -2.24. The van der Waals surface area contributed by atoms with Crippen molar-refractivity contribution in [2.45, 2.75) is 25.1 Å². The van der Waals surface area contributed by atoms with Crippen LogP contribution in [0.25, 0.3) is 0 Å². The number of aryl methyl sites for hydroxylation is 1. The zero-order valence-electron chi connectivity index (χ0n) is 16.1. The van der Waals surface area contributed by atoms with Crippen molar-refractivity contribution in [2.75, 3.05) is 16.0 Å². The van der Waals surface area contributed by atoms with Gasteiger partial charge in [0, 0.05) is 16.3 Å². The van der Waals surface area contributed by atoms with Crippen molar-refractivity contribution in [2.24, 2.45) is 0 Å². The number of carbonyl (C=O) groups is 2. The maximum Gasteiger partial charge on any atom is 0.238 e. The van der Waals surface area contributed by atoms with Crippen molar-refractivity contribution in [1.29, 1.82) is 0 Å². The Morgan fingerprint density at radius 2 is 1.86 bits per heavy atom. The highest BCUT2D eigenvalue weighted by Gasteiger charge is 2.33. The van der Waals surface area contributed by atoms with Crippen LogP contribution in [0.5, 0.6) is 0 Å². The maximum absolute atomic E-state index is 12.5. The molecule has 2 amide bonds. The summed E-state index contributed by atoms with van der Waals surface area (Å²) in [7, 11) is 0. The lowest BCUT2D eigenvalue weighted by atomic mass is 10.1. The lowest BCUT2D eigenvalue weighted by Crippen LogP contribution is -2.27. The van der Waals surface area contributed by atoms with E-state index in [9.17, 15) is 9.59 Å². The molecule has 0 aliphatic carbocycles. The number of amides is 2. The van der Waals surface area contributed by atoms with Gasteiger partial charge in [0.05, 0.1) is 12.2 Å². The molecule has 4 nitrogen and oxygen atoms in total. The van der Waals surface area contributed by atoms with Gasteiger partial charge >= 0.3 is 0 Å². The number of hydrogen-bond acceptors (Lipinski definition) is 4. The Hall–Kier alpha value is -2.57. The third kappa shape index (κ3) is 4.54. The van der Waals surface area contributed by atoms with Crippen LogP contribution in [0, 0.1) is 0 Å². The largest absolute Gasteiger partial charge is 0.326 e. The summed E-state index contributed by atoms with van der Waals surface area (Å²) in [5.74, 6) is 0.570. The average molecular weight is 423 g/mol. The summed E-state index contributed by atoms with van der Waals surface area (Å²) < 4.78 is 0. The summed E-state index contributed by atoms with van der Waals surface area (Å²) in [5, 5.41) is 4.86. The van der Waals surface area contributed by atoms with E-state index in [1.54, 1.807) is 23.1 Å². The van der Waals surface area contributed by atoms with Crippen molar-refractivity contribution >= 4 is 46.3 Å².